The molecule has 0 aromatic heterocycles. The van der Waals surface area contributed by atoms with Crippen LogP contribution >= 0.6 is 0 Å². The zero-order valence-electron chi connectivity index (χ0n) is 21.4. The number of carbonyl (C=O) groups excluding carboxylic acids is 3. The van der Waals surface area contributed by atoms with Gasteiger partial charge < -0.3 is 24.6 Å². The van der Waals surface area contributed by atoms with Crippen molar-refractivity contribution >= 4 is 23.4 Å². The molecule has 1 aliphatic rings. The molecule has 0 saturated carbocycles. The molecule has 8 nitrogen and oxygen atoms in total. The topological polar surface area (TPSA) is 88.2 Å². The van der Waals surface area contributed by atoms with Gasteiger partial charge in [-0.3, -0.25) is 14.4 Å². The van der Waals surface area contributed by atoms with E-state index in [0.29, 0.717) is 42.1 Å². The average molecular weight is 500 g/mol. The maximum Gasteiger partial charge on any atom is 0.257 e. The van der Waals surface area contributed by atoms with Crippen molar-refractivity contribution in [2.45, 2.75) is 39.3 Å². The van der Waals surface area contributed by atoms with E-state index in [2.05, 4.69) is 5.32 Å². The fourth-order valence-corrected chi connectivity index (χ4v) is 4.20. The van der Waals surface area contributed by atoms with Crippen molar-refractivity contribution in [3.8, 4) is 5.75 Å². The summed E-state index contributed by atoms with van der Waals surface area (Å²) in [6.45, 7) is 6.70. The number of ether oxygens (including phenoxy) is 2. The van der Waals surface area contributed by atoms with Crippen LogP contribution in [0.3, 0.4) is 0 Å². The summed E-state index contributed by atoms with van der Waals surface area (Å²) < 4.78 is 25.0. The first kappa shape index (κ1) is 27.1. The molecule has 0 aliphatic carbocycles. The van der Waals surface area contributed by atoms with Gasteiger partial charge in [0.15, 0.2) is 0 Å². The van der Waals surface area contributed by atoms with Gasteiger partial charge in [0.2, 0.25) is 5.91 Å². The lowest BCUT2D eigenvalue weighted by Crippen LogP contribution is -2.48. The predicted octanol–water partition coefficient (Wildman–Crippen LogP) is 3.82. The van der Waals surface area contributed by atoms with E-state index in [-0.39, 0.29) is 36.5 Å². The molecule has 2 aromatic rings. The van der Waals surface area contributed by atoms with Crippen LogP contribution in [0, 0.1) is 11.7 Å². The minimum Gasteiger partial charge on any atom is -0.491 e. The van der Waals surface area contributed by atoms with Gasteiger partial charge in [-0.05, 0) is 43.3 Å². The van der Waals surface area contributed by atoms with Gasteiger partial charge in [0.05, 0.1) is 17.7 Å². The molecule has 0 bridgehead atoms. The summed E-state index contributed by atoms with van der Waals surface area (Å²) in [5, 5.41) is 2.76. The van der Waals surface area contributed by atoms with Crippen molar-refractivity contribution in [3.63, 3.8) is 0 Å². The minimum absolute atomic E-state index is 0.00820. The number of methoxy groups -OCH3 is 1. The van der Waals surface area contributed by atoms with E-state index >= 15 is 0 Å². The molecular weight excluding hydrogens is 465 g/mol. The second-order valence-corrected chi connectivity index (χ2v) is 9.17. The van der Waals surface area contributed by atoms with E-state index in [1.165, 1.54) is 24.3 Å². The number of likely N-dealkylation sites (N-methyl/N-ethyl adjacent to an activating group) is 1. The number of amides is 3. The van der Waals surface area contributed by atoms with Gasteiger partial charge in [-0.15, -0.1) is 0 Å². The van der Waals surface area contributed by atoms with Crippen molar-refractivity contribution < 1.29 is 28.2 Å². The number of fused-ring (bicyclic) bond motifs is 1. The van der Waals surface area contributed by atoms with Gasteiger partial charge in [-0.1, -0.05) is 13.8 Å². The van der Waals surface area contributed by atoms with Crippen LogP contribution in [0.1, 0.15) is 47.9 Å². The van der Waals surface area contributed by atoms with Crippen molar-refractivity contribution in [2.75, 3.05) is 39.2 Å². The molecular formula is C27H34FN3O5. The molecule has 0 unspecified atom stereocenters. The molecule has 1 heterocycles. The average Bonchev–Trinajstić information content (AvgIpc) is 2.87. The molecule has 1 N–H and O–H groups in total. The number of rotatable bonds is 4. The third-order valence-electron chi connectivity index (χ3n) is 6.43. The van der Waals surface area contributed by atoms with Crippen LogP contribution in [-0.4, -0.2) is 73.5 Å². The van der Waals surface area contributed by atoms with Crippen LogP contribution in [-0.2, 0) is 9.53 Å². The van der Waals surface area contributed by atoms with E-state index < -0.39 is 11.7 Å². The number of nitrogens with zero attached hydrogens (tertiary/aromatic N) is 2. The van der Waals surface area contributed by atoms with Crippen molar-refractivity contribution in [2.24, 2.45) is 5.92 Å². The second-order valence-electron chi connectivity index (χ2n) is 9.17. The van der Waals surface area contributed by atoms with Gasteiger partial charge in [-0.25, -0.2) is 4.39 Å². The van der Waals surface area contributed by atoms with E-state index in [4.69, 9.17) is 9.47 Å². The summed E-state index contributed by atoms with van der Waals surface area (Å²) in [6.07, 6.45) is 0.0971. The summed E-state index contributed by atoms with van der Waals surface area (Å²) in [7, 11) is 3.30. The Balaban J connectivity index is 1.93. The Kier molecular flexibility index (Phi) is 9.03. The lowest BCUT2D eigenvalue weighted by molar-refractivity contribution is -0.135. The highest BCUT2D eigenvalue weighted by atomic mass is 19.1. The van der Waals surface area contributed by atoms with Crippen LogP contribution < -0.4 is 10.1 Å². The Morgan fingerprint density at radius 1 is 1.14 bits per heavy atom. The molecule has 3 atom stereocenters. The Bertz CT molecular complexity index is 1090. The monoisotopic (exact) mass is 499 g/mol. The summed E-state index contributed by atoms with van der Waals surface area (Å²) in [5.41, 5.74) is 1.05. The Morgan fingerprint density at radius 3 is 2.47 bits per heavy atom. The van der Waals surface area contributed by atoms with E-state index in [0.717, 1.165) is 0 Å². The highest BCUT2D eigenvalue weighted by Crippen LogP contribution is 2.27. The summed E-state index contributed by atoms with van der Waals surface area (Å²) in [6, 6.07) is 9.76. The van der Waals surface area contributed by atoms with E-state index in [9.17, 15) is 18.8 Å². The lowest BCUT2D eigenvalue weighted by Gasteiger charge is -2.36. The number of benzene rings is 2. The van der Waals surface area contributed by atoms with Gasteiger partial charge in [0, 0.05) is 56.9 Å². The SMILES string of the molecule is CCC(=O)N1C[C@H](C)[C@H](OC)CN(C)C(=O)c2ccc(NC(=O)c3ccc(F)cc3)cc2OC[C@@H]1C. The normalized spacial score (nSPS) is 21.1. The smallest absolute Gasteiger partial charge is 0.257 e. The van der Waals surface area contributed by atoms with Gasteiger partial charge in [0.1, 0.15) is 18.2 Å². The summed E-state index contributed by atoms with van der Waals surface area (Å²) >= 11 is 0. The number of carbonyl (C=O) groups is 3. The van der Waals surface area contributed by atoms with Crippen molar-refractivity contribution in [3.05, 3.63) is 59.4 Å². The number of anilines is 1. The maximum atomic E-state index is 13.3. The molecule has 0 spiro atoms. The van der Waals surface area contributed by atoms with Gasteiger partial charge >= 0.3 is 0 Å². The van der Waals surface area contributed by atoms with E-state index in [1.54, 1.807) is 42.2 Å². The molecule has 0 radical (unpaired) electrons. The summed E-state index contributed by atoms with van der Waals surface area (Å²) in [5.74, 6) is -0.804. The first-order valence-electron chi connectivity index (χ1n) is 12.1. The number of hydrogen-bond donors (Lipinski definition) is 1. The zero-order chi connectivity index (χ0) is 26.4. The van der Waals surface area contributed by atoms with Gasteiger partial charge in [0.25, 0.3) is 11.8 Å². The first-order valence-corrected chi connectivity index (χ1v) is 12.1. The molecule has 194 valence electrons. The predicted molar refractivity (Wildman–Crippen MR) is 135 cm³/mol. The lowest BCUT2D eigenvalue weighted by atomic mass is 10.0. The van der Waals surface area contributed by atoms with Crippen LogP contribution in [0.2, 0.25) is 0 Å². The highest BCUT2D eigenvalue weighted by Gasteiger charge is 2.30. The van der Waals surface area contributed by atoms with Crippen LogP contribution in [0.4, 0.5) is 10.1 Å². The molecule has 2 aromatic carbocycles. The van der Waals surface area contributed by atoms with Crippen molar-refractivity contribution in [1.82, 2.24) is 9.80 Å². The van der Waals surface area contributed by atoms with Gasteiger partial charge in [-0.2, -0.15) is 0 Å². The maximum absolute atomic E-state index is 13.3. The fraction of sp³-hybridized carbons (Fsp3) is 0.444. The molecule has 0 fully saturated rings. The minimum atomic E-state index is -0.433. The van der Waals surface area contributed by atoms with Crippen LogP contribution in [0.5, 0.6) is 5.75 Å². The Labute approximate surface area is 211 Å². The molecule has 36 heavy (non-hydrogen) atoms. The Morgan fingerprint density at radius 2 is 1.83 bits per heavy atom. The first-order chi connectivity index (χ1) is 17.1. The standard InChI is InChI=1S/C27H34FN3O5/c1-6-25(32)31-14-17(2)24(35-5)15-30(4)27(34)22-12-11-21(13-23(22)36-16-18(31)3)29-26(33)19-7-9-20(28)10-8-19/h7-13,17-18,24H,6,14-16H2,1-5H3,(H,29,33)/t17-,18-,24+/m0/s1. The number of halogens is 1. The molecule has 3 rings (SSSR count). The molecule has 1 aliphatic heterocycles. The van der Waals surface area contributed by atoms with Crippen LogP contribution in [0.15, 0.2) is 42.5 Å². The summed E-state index contributed by atoms with van der Waals surface area (Å²) in [4.78, 5) is 42.0. The third-order valence-corrected chi connectivity index (χ3v) is 6.43. The largest absolute Gasteiger partial charge is 0.491 e. The molecule has 0 saturated heterocycles. The highest BCUT2D eigenvalue weighted by molar-refractivity contribution is 6.05. The number of nitrogens with one attached hydrogen (secondary N) is 1. The van der Waals surface area contributed by atoms with Crippen molar-refractivity contribution in [1.29, 1.82) is 0 Å². The zero-order valence-corrected chi connectivity index (χ0v) is 21.4. The third kappa shape index (κ3) is 6.40. The van der Waals surface area contributed by atoms with Crippen LogP contribution in [0.25, 0.3) is 0 Å². The number of hydrogen-bond acceptors (Lipinski definition) is 5. The van der Waals surface area contributed by atoms with E-state index in [1.807, 2.05) is 20.8 Å². The molecule has 3 amide bonds. The second kappa shape index (κ2) is 12.0. The molecule has 9 heteroatoms. The fourth-order valence-electron chi connectivity index (χ4n) is 4.20. The quantitative estimate of drug-likeness (QED) is 0.691. The Hall–Kier alpha value is -3.46.